The lowest BCUT2D eigenvalue weighted by Crippen LogP contribution is -2.44. The monoisotopic (exact) mass is 281 g/mol. The fraction of sp³-hybridized carbons (Fsp3) is 0.400. The molecule has 1 N–H and O–H groups in total. The molecule has 1 aliphatic heterocycles. The van der Waals surface area contributed by atoms with E-state index in [-0.39, 0.29) is 0 Å². The lowest BCUT2D eigenvalue weighted by atomic mass is 10.4. The van der Waals surface area contributed by atoms with Gasteiger partial charge in [0.05, 0.1) is 4.47 Å². The molecule has 2 aromatic heterocycles. The molecule has 1 saturated heterocycles. The van der Waals surface area contributed by atoms with E-state index in [1.165, 1.54) is 0 Å². The fourth-order valence-corrected chi connectivity index (χ4v) is 2.28. The smallest absolute Gasteiger partial charge is 0.245 e. The van der Waals surface area contributed by atoms with Crippen molar-refractivity contribution in [3.05, 3.63) is 22.8 Å². The van der Waals surface area contributed by atoms with Gasteiger partial charge in [-0.3, -0.25) is 0 Å². The number of aromatic nitrogens is 3. The molecule has 6 heteroatoms. The number of pyridine rings is 1. The molecule has 0 radical (unpaired) electrons. The van der Waals surface area contributed by atoms with Crippen LogP contribution in [-0.4, -0.2) is 40.8 Å². The number of halogens is 1. The SMILES string of the molecule is Brc1cccn2nc(N3CCNCC3)nc12. The van der Waals surface area contributed by atoms with E-state index in [9.17, 15) is 0 Å². The first-order valence-electron chi connectivity index (χ1n) is 5.31. The second-order valence-corrected chi connectivity index (χ2v) is 4.63. The number of nitrogens with zero attached hydrogens (tertiary/aromatic N) is 4. The van der Waals surface area contributed by atoms with E-state index in [4.69, 9.17) is 0 Å². The average molecular weight is 282 g/mol. The highest BCUT2D eigenvalue weighted by Gasteiger charge is 2.15. The van der Waals surface area contributed by atoms with Gasteiger partial charge in [0.15, 0.2) is 5.65 Å². The molecule has 0 aromatic carbocycles. The van der Waals surface area contributed by atoms with Crippen LogP contribution in [0.4, 0.5) is 5.95 Å². The molecule has 84 valence electrons. The van der Waals surface area contributed by atoms with Crippen LogP contribution in [-0.2, 0) is 0 Å². The maximum atomic E-state index is 4.54. The second-order valence-electron chi connectivity index (χ2n) is 3.77. The number of hydrogen-bond donors (Lipinski definition) is 1. The first-order chi connectivity index (χ1) is 7.84. The van der Waals surface area contributed by atoms with Crippen molar-refractivity contribution in [1.82, 2.24) is 19.9 Å². The highest BCUT2D eigenvalue weighted by molar-refractivity contribution is 9.10. The zero-order chi connectivity index (χ0) is 11.0. The van der Waals surface area contributed by atoms with Gasteiger partial charge in [-0.25, -0.2) is 4.52 Å². The third-order valence-corrected chi connectivity index (χ3v) is 3.32. The Morgan fingerprint density at radius 1 is 1.31 bits per heavy atom. The van der Waals surface area contributed by atoms with Crippen molar-refractivity contribution in [2.45, 2.75) is 0 Å². The predicted octanol–water partition coefficient (Wildman–Crippen LogP) is 0.901. The fourth-order valence-electron chi connectivity index (χ4n) is 1.86. The van der Waals surface area contributed by atoms with Crippen LogP contribution in [0.25, 0.3) is 5.65 Å². The van der Waals surface area contributed by atoms with Crippen molar-refractivity contribution < 1.29 is 0 Å². The first kappa shape index (κ1) is 10.0. The topological polar surface area (TPSA) is 45.5 Å². The van der Waals surface area contributed by atoms with Crippen LogP contribution in [0.5, 0.6) is 0 Å². The van der Waals surface area contributed by atoms with Gasteiger partial charge in [-0.2, -0.15) is 4.98 Å². The Hall–Kier alpha value is -1.14. The van der Waals surface area contributed by atoms with Gasteiger partial charge in [-0.05, 0) is 28.1 Å². The summed E-state index contributed by atoms with van der Waals surface area (Å²) < 4.78 is 2.78. The number of hydrogen-bond acceptors (Lipinski definition) is 4. The quantitative estimate of drug-likeness (QED) is 0.844. The Morgan fingerprint density at radius 2 is 2.12 bits per heavy atom. The molecule has 3 rings (SSSR count). The Bertz CT molecular complexity index is 503. The third kappa shape index (κ3) is 1.68. The molecule has 16 heavy (non-hydrogen) atoms. The second kappa shape index (κ2) is 4.03. The van der Waals surface area contributed by atoms with Crippen LogP contribution < -0.4 is 10.2 Å². The summed E-state index contributed by atoms with van der Waals surface area (Å²) in [7, 11) is 0. The first-order valence-corrected chi connectivity index (χ1v) is 6.10. The number of anilines is 1. The van der Waals surface area contributed by atoms with Crippen molar-refractivity contribution in [2.24, 2.45) is 0 Å². The van der Waals surface area contributed by atoms with Crippen molar-refractivity contribution >= 4 is 27.5 Å². The largest absolute Gasteiger partial charge is 0.337 e. The number of nitrogens with one attached hydrogen (secondary N) is 1. The average Bonchev–Trinajstić information content (AvgIpc) is 2.76. The van der Waals surface area contributed by atoms with Gasteiger partial charge < -0.3 is 10.2 Å². The summed E-state index contributed by atoms with van der Waals surface area (Å²) in [6, 6.07) is 3.93. The molecule has 0 spiro atoms. The predicted molar refractivity (Wildman–Crippen MR) is 65.8 cm³/mol. The van der Waals surface area contributed by atoms with Crippen LogP contribution in [0.1, 0.15) is 0 Å². The van der Waals surface area contributed by atoms with Gasteiger partial charge in [-0.15, -0.1) is 5.10 Å². The molecular formula is C10H12BrN5. The molecule has 0 aliphatic carbocycles. The Balaban J connectivity index is 2.01. The van der Waals surface area contributed by atoms with Gasteiger partial charge in [0, 0.05) is 32.4 Å². The van der Waals surface area contributed by atoms with E-state index >= 15 is 0 Å². The molecule has 0 amide bonds. The van der Waals surface area contributed by atoms with Crippen molar-refractivity contribution in [1.29, 1.82) is 0 Å². The lowest BCUT2D eigenvalue weighted by molar-refractivity contribution is 0.580. The zero-order valence-corrected chi connectivity index (χ0v) is 10.3. The van der Waals surface area contributed by atoms with Crippen LogP contribution >= 0.6 is 15.9 Å². The minimum atomic E-state index is 0.813. The summed E-state index contributed by atoms with van der Waals surface area (Å²) in [5, 5.41) is 7.79. The zero-order valence-electron chi connectivity index (χ0n) is 8.73. The van der Waals surface area contributed by atoms with Crippen LogP contribution in [0.15, 0.2) is 22.8 Å². The minimum absolute atomic E-state index is 0.813. The van der Waals surface area contributed by atoms with E-state index < -0.39 is 0 Å². The van der Waals surface area contributed by atoms with Crippen LogP contribution in [0, 0.1) is 0 Å². The number of piperazine rings is 1. The molecule has 2 aromatic rings. The summed E-state index contributed by atoms with van der Waals surface area (Å²) >= 11 is 3.48. The van der Waals surface area contributed by atoms with Gasteiger partial charge in [-0.1, -0.05) is 0 Å². The third-order valence-electron chi connectivity index (χ3n) is 2.70. The molecule has 0 bridgehead atoms. The van der Waals surface area contributed by atoms with E-state index in [2.05, 4.69) is 36.2 Å². The molecular weight excluding hydrogens is 270 g/mol. The van der Waals surface area contributed by atoms with Crippen LogP contribution in [0.3, 0.4) is 0 Å². The van der Waals surface area contributed by atoms with Gasteiger partial charge >= 0.3 is 0 Å². The summed E-state index contributed by atoms with van der Waals surface area (Å²) in [6.07, 6.45) is 1.92. The highest BCUT2D eigenvalue weighted by Crippen LogP contribution is 2.18. The summed E-state index contributed by atoms with van der Waals surface area (Å²) in [6.45, 7) is 3.93. The summed E-state index contributed by atoms with van der Waals surface area (Å²) in [4.78, 5) is 6.74. The molecule has 1 fully saturated rings. The molecule has 1 aliphatic rings. The van der Waals surface area contributed by atoms with E-state index in [1.54, 1.807) is 4.52 Å². The van der Waals surface area contributed by atoms with Crippen molar-refractivity contribution in [2.75, 3.05) is 31.1 Å². The Kier molecular flexibility index (Phi) is 2.53. The normalized spacial score (nSPS) is 16.9. The van der Waals surface area contributed by atoms with Gasteiger partial charge in [0.1, 0.15) is 0 Å². The van der Waals surface area contributed by atoms with Crippen molar-refractivity contribution in [3.63, 3.8) is 0 Å². The summed E-state index contributed by atoms with van der Waals surface area (Å²) in [5.41, 5.74) is 0.871. The van der Waals surface area contributed by atoms with Gasteiger partial charge in [0.25, 0.3) is 0 Å². The molecule has 5 nitrogen and oxygen atoms in total. The highest BCUT2D eigenvalue weighted by atomic mass is 79.9. The standard InChI is InChI=1S/C10H12BrN5/c11-8-2-1-5-16-9(8)13-10(14-16)15-6-3-12-4-7-15/h1-2,5,12H,3-4,6-7H2. The van der Waals surface area contributed by atoms with E-state index in [1.807, 2.05) is 18.3 Å². The van der Waals surface area contributed by atoms with Gasteiger partial charge in [0.2, 0.25) is 5.95 Å². The van der Waals surface area contributed by atoms with E-state index in [0.717, 1.165) is 42.2 Å². The molecule has 0 unspecified atom stereocenters. The van der Waals surface area contributed by atoms with Crippen molar-refractivity contribution in [3.8, 4) is 0 Å². The summed E-state index contributed by atoms with van der Waals surface area (Å²) in [5.74, 6) is 0.813. The minimum Gasteiger partial charge on any atom is -0.337 e. The lowest BCUT2D eigenvalue weighted by Gasteiger charge is -2.25. The maximum Gasteiger partial charge on any atom is 0.245 e. The number of rotatable bonds is 1. The number of fused-ring (bicyclic) bond motifs is 1. The molecule has 3 heterocycles. The Labute approximate surface area is 102 Å². The maximum absolute atomic E-state index is 4.54. The Morgan fingerprint density at radius 3 is 2.88 bits per heavy atom. The van der Waals surface area contributed by atoms with E-state index in [0.29, 0.717) is 0 Å². The van der Waals surface area contributed by atoms with Crippen LogP contribution in [0.2, 0.25) is 0 Å². The molecule has 0 atom stereocenters. The molecule has 0 saturated carbocycles.